The summed E-state index contributed by atoms with van der Waals surface area (Å²) in [6.45, 7) is 6.62. The van der Waals surface area contributed by atoms with E-state index < -0.39 is 0 Å². The summed E-state index contributed by atoms with van der Waals surface area (Å²) < 4.78 is 4.92. The highest BCUT2D eigenvalue weighted by Gasteiger charge is 1.98. The van der Waals surface area contributed by atoms with Crippen LogP contribution in [0.15, 0.2) is 12.2 Å². The predicted octanol–water partition coefficient (Wildman–Crippen LogP) is 2.54. The second kappa shape index (κ2) is 6.89. The molecule has 0 saturated heterocycles. The summed E-state index contributed by atoms with van der Waals surface area (Å²) in [4.78, 5) is 10.9. The van der Waals surface area contributed by atoms with E-state index in [1.54, 1.807) is 0 Å². The highest BCUT2D eigenvalue weighted by atomic mass is 16.5. The molecule has 0 aliphatic rings. The Labute approximate surface area is 74.6 Å². The fourth-order valence-electron chi connectivity index (χ4n) is 0.643. The van der Waals surface area contributed by atoms with Gasteiger partial charge in [0.25, 0.3) is 0 Å². The molecule has 0 amide bonds. The number of ether oxygens (including phenoxy) is 1. The van der Waals surface area contributed by atoms with Crippen LogP contribution in [-0.2, 0) is 9.53 Å². The fraction of sp³-hybridized carbons (Fsp3) is 0.700. The van der Waals surface area contributed by atoms with E-state index in [9.17, 15) is 4.79 Å². The van der Waals surface area contributed by atoms with Crippen LogP contribution in [0.3, 0.4) is 0 Å². The topological polar surface area (TPSA) is 26.3 Å². The van der Waals surface area contributed by atoms with E-state index in [0.29, 0.717) is 12.5 Å². The van der Waals surface area contributed by atoms with E-state index >= 15 is 0 Å². The van der Waals surface area contributed by atoms with Gasteiger partial charge in [0.2, 0.25) is 0 Å². The van der Waals surface area contributed by atoms with Crippen molar-refractivity contribution in [1.29, 1.82) is 0 Å². The van der Waals surface area contributed by atoms with Gasteiger partial charge >= 0.3 is 5.97 Å². The molecule has 2 heteroatoms. The lowest BCUT2D eigenvalue weighted by Crippen LogP contribution is -2.06. The SMILES string of the molecule is CCC/C=C/C(=O)OCC(C)C. The highest BCUT2D eigenvalue weighted by molar-refractivity contribution is 5.81. The smallest absolute Gasteiger partial charge is 0.330 e. The van der Waals surface area contributed by atoms with Crippen LogP contribution < -0.4 is 0 Å². The molecule has 0 aliphatic carbocycles. The van der Waals surface area contributed by atoms with Crippen molar-refractivity contribution in [3.05, 3.63) is 12.2 Å². The van der Waals surface area contributed by atoms with Gasteiger partial charge in [0.05, 0.1) is 6.61 Å². The Hall–Kier alpha value is -0.790. The monoisotopic (exact) mass is 170 g/mol. The molecule has 0 bridgehead atoms. The quantitative estimate of drug-likeness (QED) is 0.468. The molecule has 0 heterocycles. The average Bonchev–Trinajstić information content (AvgIpc) is 2.01. The largest absolute Gasteiger partial charge is 0.462 e. The fourth-order valence-corrected chi connectivity index (χ4v) is 0.643. The summed E-state index contributed by atoms with van der Waals surface area (Å²) in [5, 5.41) is 0. The van der Waals surface area contributed by atoms with Crippen LogP contribution in [0.1, 0.15) is 33.6 Å². The van der Waals surface area contributed by atoms with E-state index in [1.165, 1.54) is 6.08 Å². The van der Waals surface area contributed by atoms with Gasteiger partial charge in [-0.3, -0.25) is 0 Å². The third-order valence-electron chi connectivity index (χ3n) is 1.27. The van der Waals surface area contributed by atoms with Crippen LogP contribution in [0.2, 0.25) is 0 Å². The van der Waals surface area contributed by atoms with Crippen molar-refractivity contribution in [1.82, 2.24) is 0 Å². The first-order chi connectivity index (χ1) is 5.66. The number of rotatable bonds is 5. The molecule has 0 rings (SSSR count). The number of esters is 1. The Bertz CT molecular complexity index is 148. The Balaban J connectivity index is 3.46. The zero-order valence-corrected chi connectivity index (χ0v) is 8.17. The average molecular weight is 170 g/mol. The van der Waals surface area contributed by atoms with Gasteiger partial charge in [-0.15, -0.1) is 0 Å². The zero-order chi connectivity index (χ0) is 9.40. The summed E-state index contributed by atoms with van der Waals surface area (Å²) in [7, 11) is 0. The maximum absolute atomic E-state index is 10.9. The second-order valence-electron chi connectivity index (χ2n) is 3.21. The van der Waals surface area contributed by atoms with Crippen molar-refractivity contribution < 1.29 is 9.53 Å². The number of carbonyl (C=O) groups excluding carboxylic acids is 1. The molecule has 0 atom stereocenters. The molecule has 0 saturated carbocycles. The molecule has 0 radical (unpaired) electrons. The third-order valence-corrected chi connectivity index (χ3v) is 1.27. The lowest BCUT2D eigenvalue weighted by atomic mass is 10.2. The Morgan fingerprint density at radius 1 is 1.50 bits per heavy atom. The van der Waals surface area contributed by atoms with E-state index in [-0.39, 0.29) is 5.97 Å². The van der Waals surface area contributed by atoms with Crippen LogP contribution in [0.5, 0.6) is 0 Å². The maximum atomic E-state index is 10.9. The first-order valence-corrected chi connectivity index (χ1v) is 4.50. The van der Waals surface area contributed by atoms with Crippen LogP contribution >= 0.6 is 0 Å². The molecule has 0 aromatic rings. The molecule has 0 spiro atoms. The van der Waals surface area contributed by atoms with Crippen molar-refractivity contribution in [3.8, 4) is 0 Å². The summed E-state index contributed by atoms with van der Waals surface area (Å²) in [6, 6.07) is 0. The summed E-state index contributed by atoms with van der Waals surface area (Å²) >= 11 is 0. The molecule has 0 aromatic heterocycles. The van der Waals surface area contributed by atoms with E-state index in [2.05, 4.69) is 6.92 Å². The van der Waals surface area contributed by atoms with Crippen LogP contribution in [-0.4, -0.2) is 12.6 Å². The standard InChI is InChI=1S/C10H18O2/c1-4-5-6-7-10(11)12-8-9(2)3/h6-7,9H,4-5,8H2,1-3H3/b7-6+. The van der Waals surface area contributed by atoms with Gasteiger partial charge in [0, 0.05) is 6.08 Å². The van der Waals surface area contributed by atoms with Gasteiger partial charge in [-0.2, -0.15) is 0 Å². The molecule has 0 N–H and O–H groups in total. The van der Waals surface area contributed by atoms with Crippen LogP contribution in [0, 0.1) is 5.92 Å². The van der Waals surface area contributed by atoms with Gasteiger partial charge in [0.15, 0.2) is 0 Å². The van der Waals surface area contributed by atoms with E-state index in [1.807, 2.05) is 19.9 Å². The van der Waals surface area contributed by atoms with Crippen LogP contribution in [0.25, 0.3) is 0 Å². The normalized spacial score (nSPS) is 11.0. The third kappa shape index (κ3) is 7.32. The van der Waals surface area contributed by atoms with Gasteiger partial charge in [-0.25, -0.2) is 4.79 Å². The Morgan fingerprint density at radius 3 is 2.67 bits per heavy atom. The van der Waals surface area contributed by atoms with Gasteiger partial charge < -0.3 is 4.74 Å². The first kappa shape index (κ1) is 11.2. The van der Waals surface area contributed by atoms with Gasteiger partial charge in [0.1, 0.15) is 0 Å². The Morgan fingerprint density at radius 2 is 2.17 bits per heavy atom. The molecule has 12 heavy (non-hydrogen) atoms. The van der Waals surface area contributed by atoms with E-state index in [4.69, 9.17) is 4.74 Å². The van der Waals surface area contributed by atoms with Crippen molar-refractivity contribution >= 4 is 5.97 Å². The number of hydrogen-bond acceptors (Lipinski definition) is 2. The molecular formula is C10H18O2. The lowest BCUT2D eigenvalue weighted by molar-refractivity contribution is -0.138. The number of allylic oxidation sites excluding steroid dienone is 1. The maximum Gasteiger partial charge on any atom is 0.330 e. The van der Waals surface area contributed by atoms with Gasteiger partial charge in [-0.1, -0.05) is 33.3 Å². The van der Waals surface area contributed by atoms with Crippen molar-refractivity contribution in [2.24, 2.45) is 5.92 Å². The lowest BCUT2D eigenvalue weighted by Gasteiger charge is -2.03. The molecule has 2 nitrogen and oxygen atoms in total. The summed E-state index contributed by atoms with van der Waals surface area (Å²) in [5.41, 5.74) is 0. The van der Waals surface area contributed by atoms with Crippen molar-refractivity contribution in [2.75, 3.05) is 6.61 Å². The van der Waals surface area contributed by atoms with Gasteiger partial charge in [-0.05, 0) is 12.3 Å². The summed E-state index contributed by atoms with van der Waals surface area (Å²) in [6.07, 6.45) is 5.36. The number of hydrogen-bond donors (Lipinski definition) is 0. The molecular weight excluding hydrogens is 152 g/mol. The molecule has 0 fully saturated rings. The van der Waals surface area contributed by atoms with E-state index in [0.717, 1.165) is 12.8 Å². The zero-order valence-electron chi connectivity index (χ0n) is 8.17. The highest BCUT2D eigenvalue weighted by Crippen LogP contribution is 1.94. The van der Waals surface area contributed by atoms with Crippen LogP contribution in [0.4, 0.5) is 0 Å². The minimum absolute atomic E-state index is 0.225. The number of unbranched alkanes of at least 4 members (excludes halogenated alkanes) is 1. The van der Waals surface area contributed by atoms with Crippen molar-refractivity contribution in [3.63, 3.8) is 0 Å². The molecule has 70 valence electrons. The molecule has 0 unspecified atom stereocenters. The number of carbonyl (C=O) groups is 1. The van der Waals surface area contributed by atoms with Crippen molar-refractivity contribution in [2.45, 2.75) is 33.6 Å². The Kier molecular flexibility index (Phi) is 6.44. The molecule has 0 aromatic carbocycles. The minimum atomic E-state index is -0.225. The molecule has 0 aliphatic heterocycles. The second-order valence-corrected chi connectivity index (χ2v) is 3.21. The first-order valence-electron chi connectivity index (χ1n) is 4.50. The predicted molar refractivity (Wildman–Crippen MR) is 49.8 cm³/mol. The minimum Gasteiger partial charge on any atom is -0.462 e. The summed E-state index contributed by atoms with van der Waals surface area (Å²) in [5.74, 6) is 0.186.